The van der Waals surface area contributed by atoms with Gasteiger partial charge in [0.05, 0.1) is 6.20 Å². The Hall–Kier alpha value is -1.36. The van der Waals surface area contributed by atoms with Crippen molar-refractivity contribution in [3.05, 3.63) is 18.0 Å². The van der Waals surface area contributed by atoms with Gasteiger partial charge in [-0.15, -0.1) is 0 Å². The number of amides is 1. The van der Waals surface area contributed by atoms with Crippen LogP contribution in [-0.4, -0.2) is 34.6 Å². The molecule has 1 unspecified atom stereocenters. The van der Waals surface area contributed by atoms with E-state index in [1.54, 1.807) is 24.3 Å². The highest BCUT2D eigenvalue weighted by atomic mass is 16.2. The molecule has 0 aliphatic carbocycles. The number of aromatic nitrogens is 2. The average Bonchev–Trinajstić information content (AvgIpc) is 2.70. The molecule has 1 heterocycles. The maximum atomic E-state index is 11.7. The minimum atomic E-state index is 0.120. The van der Waals surface area contributed by atoms with E-state index in [1.807, 2.05) is 6.92 Å². The van der Waals surface area contributed by atoms with E-state index in [4.69, 9.17) is 5.73 Å². The Kier molecular flexibility index (Phi) is 4.30. The summed E-state index contributed by atoms with van der Waals surface area (Å²) in [6, 6.07) is 0. The van der Waals surface area contributed by atoms with Gasteiger partial charge in [0.25, 0.3) is 0 Å². The largest absolute Gasteiger partial charge is 0.341 e. The molecular formula is C10H18N4O. The first-order valence-corrected chi connectivity index (χ1v) is 5.05. The first-order chi connectivity index (χ1) is 7.13. The van der Waals surface area contributed by atoms with Crippen LogP contribution in [0.25, 0.3) is 0 Å². The van der Waals surface area contributed by atoms with Crippen LogP contribution in [-0.2, 0) is 11.3 Å². The SMILES string of the molecule is CC(CN)CC(=O)N(C)Cc1cn[nH]c1. The van der Waals surface area contributed by atoms with Gasteiger partial charge in [0.1, 0.15) is 0 Å². The summed E-state index contributed by atoms with van der Waals surface area (Å²) < 4.78 is 0. The summed E-state index contributed by atoms with van der Waals surface area (Å²) >= 11 is 0. The number of aromatic amines is 1. The van der Waals surface area contributed by atoms with Gasteiger partial charge >= 0.3 is 0 Å². The number of hydrogen-bond acceptors (Lipinski definition) is 3. The zero-order chi connectivity index (χ0) is 11.3. The van der Waals surface area contributed by atoms with Crippen LogP contribution in [0.3, 0.4) is 0 Å². The van der Waals surface area contributed by atoms with Crippen molar-refractivity contribution < 1.29 is 4.79 Å². The van der Waals surface area contributed by atoms with Crippen LogP contribution < -0.4 is 5.73 Å². The lowest BCUT2D eigenvalue weighted by atomic mass is 10.1. The molecule has 1 rings (SSSR count). The van der Waals surface area contributed by atoms with Gasteiger partial charge in [0.15, 0.2) is 0 Å². The van der Waals surface area contributed by atoms with Gasteiger partial charge in [-0.05, 0) is 12.5 Å². The number of nitrogens with zero attached hydrogens (tertiary/aromatic N) is 2. The second-order valence-electron chi connectivity index (χ2n) is 3.90. The first-order valence-electron chi connectivity index (χ1n) is 5.05. The normalized spacial score (nSPS) is 12.5. The topological polar surface area (TPSA) is 75.0 Å². The lowest BCUT2D eigenvalue weighted by Gasteiger charge is -2.18. The van der Waals surface area contributed by atoms with Crippen molar-refractivity contribution in [2.24, 2.45) is 11.7 Å². The second kappa shape index (κ2) is 5.50. The van der Waals surface area contributed by atoms with Gasteiger partial charge < -0.3 is 10.6 Å². The number of carbonyl (C=O) groups is 1. The highest BCUT2D eigenvalue weighted by Crippen LogP contribution is 2.06. The molecule has 0 aliphatic heterocycles. The smallest absolute Gasteiger partial charge is 0.222 e. The van der Waals surface area contributed by atoms with E-state index in [0.717, 1.165) is 5.56 Å². The average molecular weight is 210 g/mol. The molecule has 0 radical (unpaired) electrons. The molecule has 0 bridgehead atoms. The lowest BCUT2D eigenvalue weighted by Crippen LogP contribution is -2.29. The molecule has 84 valence electrons. The van der Waals surface area contributed by atoms with E-state index in [9.17, 15) is 4.79 Å². The van der Waals surface area contributed by atoms with Gasteiger partial charge in [-0.3, -0.25) is 9.89 Å². The molecule has 3 N–H and O–H groups in total. The van der Waals surface area contributed by atoms with Crippen molar-refractivity contribution in [2.75, 3.05) is 13.6 Å². The highest BCUT2D eigenvalue weighted by Gasteiger charge is 2.12. The summed E-state index contributed by atoms with van der Waals surface area (Å²) in [5.74, 6) is 0.360. The van der Waals surface area contributed by atoms with Gasteiger partial charge in [-0.1, -0.05) is 6.92 Å². The van der Waals surface area contributed by atoms with Crippen LogP contribution in [0, 0.1) is 5.92 Å². The van der Waals surface area contributed by atoms with Crippen LogP contribution in [0.1, 0.15) is 18.9 Å². The molecular weight excluding hydrogens is 192 g/mol. The van der Waals surface area contributed by atoms with Crippen LogP contribution in [0.4, 0.5) is 0 Å². The molecule has 1 atom stereocenters. The van der Waals surface area contributed by atoms with Crippen molar-refractivity contribution in [3.63, 3.8) is 0 Å². The summed E-state index contributed by atoms with van der Waals surface area (Å²) in [4.78, 5) is 13.4. The summed E-state index contributed by atoms with van der Waals surface area (Å²) in [6.07, 6.45) is 4.01. The zero-order valence-electron chi connectivity index (χ0n) is 9.23. The Bertz CT molecular complexity index is 296. The van der Waals surface area contributed by atoms with E-state index in [0.29, 0.717) is 19.5 Å². The Labute approximate surface area is 89.6 Å². The third kappa shape index (κ3) is 3.71. The fourth-order valence-corrected chi connectivity index (χ4v) is 1.26. The minimum absolute atomic E-state index is 0.120. The summed E-state index contributed by atoms with van der Waals surface area (Å²) in [7, 11) is 1.79. The van der Waals surface area contributed by atoms with Crippen LogP contribution in [0.5, 0.6) is 0 Å². The van der Waals surface area contributed by atoms with Gasteiger partial charge in [-0.2, -0.15) is 5.10 Å². The molecule has 15 heavy (non-hydrogen) atoms. The van der Waals surface area contributed by atoms with Crippen molar-refractivity contribution in [1.29, 1.82) is 0 Å². The van der Waals surface area contributed by atoms with E-state index in [2.05, 4.69) is 10.2 Å². The third-order valence-electron chi connectivity index (χ3n) is 2.33. The first kappa shape index (κ1) is 11.7. The van der Waals surface area contributed by atoms with Crippen LogP contribution >= 0.6 is 0 Å². The molecule has 0 fully saturated rings. The molecule has 5 nitrogen and oxygen atoms in total. The molecule has 0 aromatic carbocycles. The van der Waals surface area contributed by atoms with Crippen molar-refractivity contribution in [2.45, 2.75) is 19.9 Å². The monoisotopic (exact) mass is 210 g/mol. The Morgan fingerprint density at radius 1 is 1.73 bits per heavy atom. The van der Waals surface area contributed by atoms with Gasteiger partial charge in [0.2, 0.25) is 5.91 Å². The molecule has 1 amide bonds. The predicted molar refractivity (Wildman–Crippen MR) is 57.9 cm³/mol. The summed E-state index contributed by atoms with van der Waals surface area (Å²) in [5, 5.41) is 6.55. The zero-order valence-corrected chi connectivity index (χ0v) is 9.23. The molecule has 5 heteroatoms. The molecule has 0 aliphatic rings. The molecule has 1 aromatic heterocycles. The fourth-order valence-electron chi connectivity index (χ4n) is 1.26. The van der Waals surface area contributed by atoms with Gasteiger partial charge in [0, 0.05) is 31.8 Å². The molecule has 0 spiro atoms. The van der Waals surface area contributed by atoms with Crippen molar-refractivity contribution in [3.8, 4) is 0 Å². The molecule has 1 aromatic rings. The quantitative estimate of drug-likeness (QED) is 0.736. The van der Waals surface area contributed by atoms with Crippen molar-refractivity contribution >= 4 is 5.91 Å². The summed E-state index contributed by atoms with van der Waals surface area (Å²) in [6.45, 7) is 3.11. The second-order valence-corrected chi connectivity index (χ2v) is 3.90. The number of nitrogens with two attached hydrogens (primary N) is 1. The predicted octanol–water partition coefficient (Wildman–Crippen LogP) is 0.353. The van der Waals surface area contributed by atoms with Gasteiger partial charge in [-0.25, -0.2) is 0 Å². The lowest BCUT2D eigenvalue weighted by molar-refractivity contribution is -0.131. The number of carbonyl (C=O) groups excluding carboxylic acids is 1. The number of hydrogen-bond donors (Lipinski definition) is 2. The van der Waals surface area contributed by atoms with E-state index in [1.165, 1.54) is 0 Å². The summed E-state index contributed by atoms with van der Waals surface area (Å²) in [5.41, 5.74) is 6.48. The van der Waals surface area contributed by atoms with Crippen LogP contribution in [0.2, 0.25) is 0 Å². The maximum absolute atomic E-state index is 11.7. The van der Waals surface area contributed by atoms with Crippen molar-refractivity contribution in [1.82, 2.24) is 15.1 Å². The Morgan fingerprint density at radius 2 is 2.47 bits per heavy atom. The highest BCUT2D eigenvalue weighted by molar-refractivity contribution is 5.76. The Balaban J connectivity index is 2.40. The maximum Gasteiger partial charge on any atom is 0.222 e. The number of rotatable bonds is 5. The number of H-pyrrole nitrogens is 1. The van der Waals surface area contributed by atoms with E-state index >= 15 is 0 Å². The van der Waals surface area contributed by atoms with E-state index < -0.39 is 0 Å². The Morgan fingerprint density at radius 3 is 3.00 bits per heavy atom. The third-order valence-corrected chi connectivity index (χ3v) is 2.33. The minimum Gasteiger partial charge on any atom is -0.341 e. The standard InChI is InChI=1S/C10H18N4O/c1-8(4-11)3-10(15)14(2)7-9-5-12-13-6-9/h5-6,8H,3-4,7,11H2,1-2H3,(H,12,13). The van der Waals surface area contributed by atoms with E-state index in [-0.39, 0.29) is 11.8 Å². The molecule has 0 saturated heterocycles. The van der Waals surface area contributed by atoms with Crippen LogP contribution in [0.15, 0.2) is 12.4 Å². The fraction of sp³-hybridized carbons (Fsp3) is 0.600. The molecule has 0 saturated carbocycles. The number of nitrogens with one attached hydrogen (secondary N) is 1.